The van der Waals surface area contributed by atoms with Gasteiger partial charge in [0, 0.05) is 44.0 Å². The van der Waals surface area contributed by atoms with Crippen LogP contribution >= 0.6 is 0 Å². The van der Waals surface area contributed by atoms with Gasteiger partial charge in [0.1, 0.15) is 0 Å². The molecule has 0 aromatic carbocycles. The normalized spacial score (nSPS) is 31.7. The van der Waals surface area contributed by atoms with Gasteiger partial charge in [0.25, 0.3) is 0 Å². The van der Waals surface area contributed by atoms with Crippen molar-refractivity contribution in [2.24, 2.45) is 11.8 Å². The number of ether oxygens (including phenoxy) is 1. The smallest absolute Gasteiger partial charge is 0.225 e. The number of piperidine rings is 1. The lowest BCUT2D eigenvalue weighted by atomic mass is 9.82. The Bertz CT molecular complexity index is 586. The number of hydrogen-bond acceptors (Lipinski definition) is 5. The predicted molar refractivity (Wildman–Crippen MR) is 90.4 cm³/mol. The minimum Gasteiger partial charge on any atom is -0.375 e. The van der Waals surface area contributed by atoms with Crippen LogP contribution in [-0.2, 0) is 9.53 Å². The highest BCUT2D eigenvalue weighted by Gasteiger charge is 2.45. The summed E-state index contributed by atoms with van der Waals surface area (Å²) in [7, 11) is 0. The van der Waals surface area contributed by atoms with Gasteiger partial charge in [-0.2, -0.15) is 0 Å². The number of carbonyl (C=O) groups is 1. The van der Waals surface area contributed by atoms with Gasteiger partial charge in [-0.15, -0.1) is 0 Å². The van der Waals surface area contributed by atoms with Gasteiger partial charge in [0.2, 0.25) is 11.9 Å². The SMILES string of the molecule is C[C@@H]1C[C@@H]1C(=O)N1CCC2(CC1)C[C@@H](Nc1ncccn1)CCO2. The Kier molecular flexibility index (Phi) is 4.16. The third-order valence-corrected chi connectivity index (χ3v) is 5.80. The molecule has 1 spiro atoms. The topological polar surface area (TPSA) is 67.4 Å². The molecule has 4 rings (SSSR count). The second kappa shape index (κ2) is 6.31. The summed E-state index contributed by atoms with van der Waals surface area (Å²) < 4.78 is 6.18. The number of carbonyl (C=O) groups excluding carboxylic acids is 1. The molecule has 2 aliphatic heterocycles. The van der Waals surface area contributed by atoms with Crippen LogP contribution in [0.4, 0.5) is 5.95 Å². The van der Waals surface area contributed by atoms with Crippen LogP contribution in [-0.4, -0.2) is 52.1 Å². The van der Waals surface area contributed by atoms with Crippen molar-refractivity contribution in [2.75, 3.05) is 25.0 Å². The molecule has 24 heavy (non-hydrogen) atoms. The Hall–Kier alpha value is -1.69. The molecule has 6 nitrogen and oxygen atoms in total. The maximum Gasteiger partial charge on any atom is 0.225 e. The van der Waals surface area contributed by atoms with E-state index in [9.17, 15) is 4.79 Å². The van der Waals surface area contributed by atoms with Gasteiger partial charge >= 0.3 is 0 Å². The van der Waals surface area contributed by atoms with Crippen molar-refractivity contribution < 1.29 is 9.53 Å². The van der Waals surface area contributed by atoms with Crippen molar-refractivity contribution in [3.05, 3.63) is 18.5 Å². The van der Waals surface area contributed by atoms with Crippen LogP contribution in [0.25, 0.3) is 0 Å². The van der Waals surface area contributed by atoms with Gasteiger partial charge < -0.3 is 15.0 Å². The number of likely N-dealkylation sites (tertiary alicyclic amines) is 1. The first kappa shape index (κ1) is 15.8. The molecule has 0 radical (unpaired) electrons. The van der Waals surface area contributed by atoms with Crippen molar-refractivity contribution in [1.29, 1.82) is 0 Å². The van der Waals surface area contributed by atoms with Crippen LogP contribution in [0.5, 0.6) is 0 Å². The molecule has 3 aliphatic rings. The first-order valence-corrected chi connectivity index (χ1v) is 9.11. The molecular formula is C18H26N4O2. The lowest BCUT2D eigenvalue weighted by Crippen LogP contribution is -2.53. The van der Waals surface area contributed by atoms with E-state index in [4.69, 9.17) is 4.74 Å². The fourth-order valence-electron chi connectivity index (χ4n) is 4.09. The number of anilines is 1. The monoisotopic (exact) mass is 330 g/mol. The molecule has 3 fully saturated rings. The zero-order chi connectivity index (χ0) is 16.6. The Balaban J connectivity index is 1.33. The van der Waals surface area contributed by atoms with Gasteiger partial charge in [-0.3, -0.25) is 4.79 Å². The van der Waals surface area contributed by atoms with Crippen LogP contribution in [0.1, 0.15) is 39.0 Å². The summed E-state index contributed by atoms with van der Waals surface area (Å²) >= 11 is 0. The highest BCUT2D eigenvalue weighted by Crippen LogP contribution is 2.41. The second-order valence-corrected chi connectivity index (χ2v) is 7.58. The number of nitrogens with zero attached hydrogens (tertiary/aromatic N) is 3. The van der Waals surface area contributed by atoms with E-state index in [1.807, 2.05) is 6.07 Å². The van der Waals surface area contributed by atoms with Gasteiger partial charge in [0.05, 0.1) is 5.60 Å². The number of hydrogen-bond donors (Lipinski definition) is 1. The molecule has 130 valence electrons. The largest absolute Gasteiger partial charge is 0.375 e. The van der Waals surface area contributed by atoms with Crippen LogP contribution < -0.4 is 5.32 Å². The highest BCUT2D eigenvalue weighted by molar-refractivity contribution is 5.81. The van der Waals surface area contributed by atoms with Crippen LogP contribution in [0.2, 0.25) is 0 Å². The molecule has 1 aliphatic carbocycles. The second-order valence-electron chi connectivity index (χ2n) is 7.58. The average molecular weight is 330 g/mol. The molecule has 2 saturated heterocycles. The first-order valence-electron chi connectivity index (χ1n) is 9.11. The summed E-state index contributed by atoms with van der Waals surface area (Å²) in [6.45, 7) is 4.59. The van der Waals surface area contributed by atoms with E-state index in [1.165, 1.54) is 0 Å². The molecule has 3 atom stereocenters. The van der Waals surface area contributed by atoms with E-state index in [1.54, 1.807) is 12.4 Å². The van der Waals surface area contributed by atoms with Crippen molar-refractivity contribution in [3.8, 4) is 0 Å². The fraction of sp³-hybridized carbons (Fsp3) is 0.722. The lowest BCUT2D eigenvalue weighted by molar-refractivity contribution is -0.144. The molecule has 1 amide bonds. The predicted octanol–water partition coefficient (Wildman–Crippen LogP) is 2.08. The minimum atomic E-state index is -0.0867. The molecule has 1 saturated carbocycles. The van der Waals surface area contributed by atoms with Crippen molar-refractivity contribution in [2.45, 2.75) is 50.7 Å². The quantitative estimate of drug-likeness (QED) is 0.919. The summed E-state index contributed by atoms with van der Waals surface area (Å²) in [5.74, 6) is 1.92. The van der Waals surface area contributed by atoms with Gasteiger partial charge in [-0.1, -0.05) is 6.92 Å². The third-order valence-electron chi connectivity index (χ3n) is 5.80. The molecule has 3 heterocycles. The van der Waals surface area contributed by atoms with E-state index < -0.39 is 0 Å². The van der Waals surface area contributed by atoms with Crippen molar-refractivity contribution >= 4 is 11.9 Å². The average Bonchev–Trinajstić information content (AvgIpc) is 3.33. The Morgan fingerprint density at radius 2 is 2.04 bits per heavy atom. The summed E-state index contributed by atoms with van der Waals surface area (Å²) in [5.41, 5.74) is -0.0867. The molecule has 0 bridgehead atoms. The van der Waals surface area contributed by atoms with Crippen molar-refractivity contribution in [1.82, 2.24) is 14.9 Å². The Labute approximate surface area is 143 Å². The van der Waals surface area contributed by atoms with Crippen molar-refractivity contribution in [3.63, 3.8) is 0 Å². The number of aromatic nitrogens is 2. The first-order chi connectivity index (χ1) is 11.7. The Morgan fingerprint density at radius 3 is 2.71 bits per heavy atom. The van der Waals surface area contributed by atoms with Crippen LogP contribution in [0.3, 0.4) is 0 Å². The number of rotatable bonds is 3. The van der Waals surface area contributed by atoms with E-state index in [0.717, 1.165) is 51.8 Å². The maximum absolute atomic E-state index is 12.4. The zero-order valence-electron chi connectivity index (χ0n) is 14.3. The van der Waals surface area contributed by atoms with Gasteiger partial charge in [-0.05, 0) is 44.1 Å². The summed E-state index contributed by atoms with van der Waals surface area (Å²) in [5, 5.41) is 3.44. The lowest BCUT2D eigenvalue weighted by Gasteiger charge is -2.46. The summed E-state index contributed by atoms with van der Waals surface area (Å²) in [6, 6.07) is 2.16. The Morgan fingerprint density at radius 1 is 1.33 bits per heavy atom. The van der Waals surface area contributed by atoms with E-state index in [-0.39, 0.29) is 11.5 Å². The summed E-state index contributed by atoms with van der Waals surface area (Å²) in [6.07, 6.45) is 8.40. The molecule has 1 aromatic rings. The zero-order valence-corrected chi connectivity index (χ0v) is 14.3. The highest BCUT2D eigenvalue weighted by atomic mass is 16.5. The van der Waals surface area contributed by atoms with E-state index in [0.29, 0.717) is 23.8 Å². The van der Waals surface area contributed by atoms with E-state index >= 15 is 0 Å². The number of nitrogens with one attached hydrogen (secondary N) is 1. The minimum absolute atomic E-state index is 0.0867. The van der Waals surface area contributed by atoms with Gasteiger partial charge in [-0.25, -0.2) is 9.97 Å². The molecule has 6 heteroatoms. The maximum atomic E-state index is 12.4. The third kappa shape index (κ3) is 3.24. The molecule has 0 unspecified atom stereocenters. The molecule has 1 N–H and O–H groups in total. The van der Waals surface area contributed by atoms with E-state index in [2.05, 4.69) is 27.1 Å². The van der Waals surface area contributed by atoms with Gasteiger partial charge in [0.15, 0.2) is 0 Å². The standard InChI is InChI=1S/C18H26N4O2/c1-13-11-15(13)16(23)22-8-4-18(5-9-22)12-14(3-10-24-18)21-17-19-6-2-7-20-17/h2,6-7,13-15H,3-5,8-12H2,1H3,(H,19,20,21)/t13-,14+,15+/m1/s1. The number of amides is 1. The van der Waals surface area contributed by atoms with Crippen LogP contribution in [0, 0.1) is 11.8 Å². The molecular weight excluding hydrogens is 304 g/mol. The fourth-order valence-corrected chi connectivity index (χ4v) is 4.09. The van der Waals surface area contributed by atoms with Crippen LogP contribution in [0.15, 0.2) is 18.5 Å². The molecule has 1 aromatic heterocycles. The summed E-state index contributed by atoms with van der Waals surface area (Å²) in [4.78, 5) is 23.0.